The van der Waals surface area contributed by atoms with Gasteiger partial charge in [0.25, 0.3) is 11.5 Å². The van der Waals surface area contributed by atoms with Crippen LogP contribution in [0.3, 0.4) is 0 Å². The topological polar surface area (TPSA) is 54.3 Å². The zero-order valence-electron chi connectivity index (χ0n) is 13.5. The number of hydrogen-bond donors (Lipinski definition) is 1. The van der Waals surface area contributed by atoms with Crippen molar-refractivity contribution in [3.05, 3.63) is 64.1 Å². The van der Waals surface area contributed by atoms with Crippen molar-refractivity contribution < 1.29 is 4.79 Å². The molecule has 0 unspecified atom stereocenters. The van der Waals surface area contributed by atoms with E-state index in [9.17, 15) is 9.59 Å². The molecule has 1 atom stereocenters. The van der Waals surface area contributed by atoms with Gasteiger partial charge in [0, 0.05) is 49.7 Å². The molecule has 0 radical (unpaired) electrons. The van der Waals surface area contributed by atoms with Crippen molar-refractivity contribution >= 4 is 11.6 Å². The molecule has 2 heterocycles. The van der Waals surface area contributed by atoms with Gasteiger partial charge in [-0.3, -0.25) is 9.59 Å². The number of aryl methyl sites for hydroxylation is 1. The lowest BCUT2D eigenvalue weighted by molar-refractivity contribution is 0.0954. The van der Waals surface area contributed by atoms with E-state index in [1.54, 1.807) is 19.3 Å². The van der Waals surface area contributed by atoms with Crippen molar-refractivity contribution in [2.24, 2.45) is 7.05 Å². The molecule has 5 heteroatoms. The summed E-state index contributed by atoms with van der Waals surface area (Å²) in [5.74, 6) is -0.206. The number of aromatic nitrogens is 1. The number of carbonyl (C=O) groups is 1. The maximum absolute atomic E-state index is 12.1. The van der Waals surface area contributed by atoms with E-state index in [-0.39, 0.29) is 11.5 Å². The van der Waals surface area contributed by atoms with Crippen LogP contribution in [0.4, 0.5) is 5.69 Å². The van der Waals surface area contributed by atoms with E-state index in [4.69, 9.17) is 0 Å². The molecule has 1 amide bonds. The summed E-state index contributed by atoms with van der Waals surface area (Å²) in [5.41, 5.74) is 2.84. The lowest BCUT2D eigenvalue weighted by atomic mass is 10.1. The SMILES string of the molecule is C[C@H]1Cc2ccccc2N1CCNC(=O)c1ccn(C)c(=O)c1. The lowest BCUT2D eigenvalue weighted by Crippen LogP contribution is -2.38. The van der Waals surface area contributed by atoms with Gasteiger partial charge in [-0.2, -0.15) is 0 Å². The average molecular weight is 311 g/mol. The molecule has 120 valence electrons. The normalized spacial score (nSPS) is 16.3. The minimum absolute atomic E-state index is 0.181. The predicted molar refractivity (Wildman–Crippen MR) is 91.0 cm³/mol. The number of rotatable bonds is 4. The van der Waals surface area contributed by atoms with Crippen LogP contribution in [-0.2, 0) is 13.5 Å². The van der Waals surface area contributed by atoms with E-state index in [0.717, 1.165) is 13.0 Å². The molecular weight excluding hydrogens is 290 g/mol. The van der Waals surface area contributed by atoms with Crippen LogP contribution in [-0.4, -0.2) is 29.6 Å². The Morgan fingerprint density at radius 2 is 2.09 bits per heavy atom. The summed E-state index contributed by atoms with van der Waals surface area (Å²) in [6.45, 7) is 3.50. The smallest absolute Gasteiger partial charge is 0.251 e. The van der Waals surface area contributed by atoms with E-state index in [1.807, 2.05) is 6.07 Å². The third kappa shape index (κ3) is 3.13. The summed E-state index contributed by atoms with van der Waals surface area (Å²) in [6, 6.07) is 11.8. The molecule has 5 nitrogen and oxygen atoms in total. The number of benzene rings is 1. The Kier molecular flexibility index (Phi) is 4.19. The molecule has 3 rings (SSSR count). The summed E-state index contributed by atoms with van der Waals surface area (Å²) < 4.78 is 1.44. The van der Waals surface area contributed by atoms with E-state index < -0.39 is 0 Å². The molecule has 1 aliphatic rings. The average Bonchev–Trinajstić information content (AvgIpc) is 2.86. The number of hydrogen-bond acceptors (Lipinski definition) is 3. The number of pyridine rings is 1. The molecule has 0 saturated carbocycles. The Bertz CT molecular complexity index is 782. The molecule has 1 aliphatic heterocycles. The quantitative estimate of drug-likeness (QED) is 0.932. The van der Waals surface area contributed by atoms with Crippen LogP contribution in [0.5, 0.6) is 0 Å². The first-order valence-corrected chi connectivity index (χ1v) is 7.85. The van der Waals surface area contributed by atoms with Gasteiger partial charge in [-0.1, -0.05) is 18.2 Å². The molecular formula is C18H21N3O2. The minimum atomic E-state index is -0.206. The van der Waals surface area contributed by atoms with Gasteiger partial charge in [0.2, 0.25) is 0 Å². The first-order valence-electron chi connectivity index (χ1n) is 7.85. The first kappa shape index (κ1) is 15.3. The zero-order chi connectivity index (χ0) is 16.4. The maximum Gasteiger partial charge on any atom is 0.251 e. The van der Waals surface area contributed by atoms with Crippen molar-refractivity contribution in [2.75, 3.05) is 18.0 Å². The molecule has 0 spiro atoms. The highest BCUT2D eigenvalue weighted by Gasteiger charge is 2.24. The zero-order valence-corrected chi connectivity index (χ0v) is 13.5. The fraction of sp³-hybridized carbons (Fsp3) is 0.333. The molecule has 0 bridgehead atoms. The van der Waals surface area contributed by atoms with E-state index in [2.05, 4.69) is 35.3 Å². The molecule has 1 aromatic heterocycles. The predicted octanol–water partition coefficient (Wildman–Crippen LogP) is 1.57. The number of nitrogens with zero attached hydrogens (tertiary/aromatic N) is 2. The molecule has 0 aliphatic carbocycles. The van der Waals surface area contributed by atoms with E-state index >= 15 is 0 Å². The van der Waals surface area contributed by atoms with E-state index in [0.29, 0.717) is 18.2 Å². The third-order valence-corrected chi connectivity index (χ3v) is 4.35. The Morgan fingerprint density at radius 3 is 2.87 bits per heavy atom. The second kappa shape index (κ2) is 6.28. The van der Waals surface area contributed by atoms with Gasteiger partial charge in [-0.05, 0) is 31.0 Å². The Morgan fingerprint density at radius 1 is 1.30 bits per heavy atom. The standard InChI is InChI=1S/C18H21N3O2/c1-13-11-14-5-3-4-6-16(14)21(13)10-8-19-18(23)15-7-9-20(2)17(22)12-15/h3-7,9,12-13H,8,10-11H2,1-2H3,(H,19,23)/t13-/m0/s1. The van der Waals surface area contributed by atoms with Crippen LogP contribution in [0.15, 0.2) is 47.4 Å². The molecule has 2 aromatic rings. The summed E-state index contributed by atoms with van der Waals surface area (Å²) in [5, 5.41) is 2.90. The molecule has 1 aromatic carbocycles. The Hall–Kier alpha value is -2.56. The van der Waals surface area contributed by atoms with Gasteiger partial charge < -0.3 is 14.8 Å². The fourth-order valence-corrected chi connectivity index (χ4v) is 3.05. The Balaban J connectivity index is 1.60. The summed E-state index contributed by atoms with van der Waals surface area (Å²) in [7, 11) is 1.66. The molecule has 0 fully saturated rings. The fourth-order valence-electron chi connectivity index (χ4n) is 3.05. The summed E-state index contributed by atoms with van der Waals surface area (Å²) in [4.78, 5) is 26.0. The first-order chi connectivity index (χ1) is 11.1. The number of fused-ring (bicyclic) bond motifs is 1. The summed E-state index contributed by atoms with van der Waals surface area (Å²) in [6.07, 6.45) is 2.65. The lowest BCUT2D eigenvalue weighted by Gasteiger charge is -2.25. The van der Waals surface area contributed by atoms with Crippen LogP contribution in [0.1, 0.15) is 22.8 Å². The maximum atomic E-state index is 12.1. The Labute approximate surface area is 135 Å². The highest BCUT2D eigenvalue weighted by Crippen LogP contribution is 2.31. The number of para-hydroxylation sites is 1. The van der Waals surface area contributed by atoms with Gasteiger partial charge in [-0.15, -0.1) is 0 Å². The number of amides is 1. The monoisotopic (exact) mass is 311 g/mol. The van der Waals surface area contributed by atoms with Crippen molar-refractivity contribution in [3.63, 3.8) is 0 Å². The second-order valence-electron chi connectivity index (χ2n) is 6.00. The van der Waals surface area contributed by atoms with Crippen LogP contribution in [0.25, 0.3) is 0 Å². The van der Waals surface area contributed by atoms with Crippen molar-refractivity contribution in [1.82, 2.24) is 9.88 Å². The number of carbonyl (C=O) groups excluding carboxylic acids is 1. The van der Waals surface area contributed by atoms with Crippen LogP contribution in [0.2, 0.25) is 0 Å². The van der Waals surface area contributed by atoms with Crippen LogP contribution >= 0.6 is 0 Å². The van der Waals surface area contributed by atoms with Crippen LogP contribution < -0.4 is 15.8 Å². The van der Waals surface area contributed by atoms with Crippen molar-refractivity contribution in [3.8, 4) is 0 Å². The van der Waals surface area contributed by atoms with Crippen LogP contribution in [0, 0.1) is 0 Å². The molecule has 23 heavy (non-hydrogen) atoms. The number of anilines is 1. The minimum Gasteiger partial charge on any atom is -0.367 e. The van der Waals surface area contributed by atoms with Crippen molar-refractivity contribution in [2.45, 2.75) is 19.4 Å². The summed E-state index contributed by atoms with van der Waals surface area (Å²) >= 11 is 0. The molecule has 0 saturated heterocycles. The van der Waals surface area contributed by atoms with Gasteiger partial charge >= 0.3 is 0 Å². The van der Waals surface area contributed by atoms with Crippen molar-refractivity contribution in [1.29, 1.82) is 0 Å². The highest BCUT2D eigenvalue weighted by atomic mass is 16.2. The third-order valence-electron chi connectivity index (χ3n) is 4.35. The second-order valence-corrected chi connectivity index (χ2v) is 6.00. The van der Waals surface area contributed by atoms with Gasteiger partial charge in [0.05, 0.1) is 0 Å². The van der Waals surface area contributed by atoms with Gasteiger partial charge in [-0.25, -0.2) is 0 Å². The molecule has 1 N–H and O–H groups in total. The van der Waals surface area contributed by atoms with E-state index in [1.165, 1.54) is 21.9 Å². The highest BCUT2D eigenvalue weighted by molar-refractivity contribution is 5.93. The van der Waals surface area contributed by atoms with Gasteiger partial charge in [0.1, 0.15) is 0 Å². The largest absolute Gasteiger partial charge is 0.367 e. The number of nitrogens with one attached hydrogen (secondary N) is 1. The van der Waals surface area contributed by atoms with Gasteiger partial charge in [0.15, 0.2) is 0 Å².